The third kappa shape index (κ3) is 4.45. The second-order valence-corrected chi connectivity index (χ2v) is 10.7. The summed E-state index contributed by atoms with van der Waals surface area (Å²) in [5, 5.41) is 3.88. The van der Waals surface area contributed by atoms with Gasteiger partial charge in [0.1, 0.15) is 11.9 Å². The van der Waals surface area contributed by atoms with Crippen molar-refractivity contribution in [3.05, 3.63) is 52.5 Å². The summed E-state index contributed by atoms with van der Waals surface area (Å²) in [5.41, 5.74) is 4.37. The zero-order chi connectivity index (χ0) is 23.2. The van der Waals surface area contributed by atoms with Gasteiger partial charge in [-0.25, -0.2) is 4.79 Å². The molecule has 6 heteroatoms. The van der Waals surface area contributed by atoms with Crippen LogP contribution in [0.15, 0.2) is 36.4 Å². The van der Waals surface area contributed by atoms with Crippen molar-refractivity contribution >= 4 is 17.7 Å². The highest BCUT2D eigenvalue weighted by Crippen LogP contribution is 2.47. The van der Waals surface area contributed by atoms with Crippen molar-refractivity contribution in [3.63, 3.8) is 0 Å². The van der Waals surface area contributed by atoms with Gasteiger partial charge in [-0.15, -0.1) is 0 Å². The minimum Gasteiger partial charge on any atom is -0.494 e. The van der Waals surface area contributed by atoms with E-state index < -0.39 is 0 Å². The number of ether oxygens (including phenoxy) is 2. The van der Waals surface area contributed by atoms with Crippen molar-refractivity contribution in [2.75, 3.05) is 26.2 Å². The van der Waals surface area contributed by atoms with Crippen LogP contribution in [0.3, 0.4) is 0 Å². The monoisotopic (exact) mass is 468 g/mol. The Morgan fingerprint density at radius 2 is 1.97 bits per heavy atom. The van der Waals surface area contributed by atoms with Crippen molar-refractivity contribution in [3.8, 4) is 16.9 Å². The predicted molar refractivity (Wildman–Crippen MR) is 131 cm³/mol. The third-order valence-electron chi connectivity index (χ3n) is 7.56. The van der Waals surface area contributed by atoms with Gasteiger partial charge in [0.05, 0.1) is 17.7 Å². The average Bonchev–Trinajstić information content (AvgIpc) is 3.03. The fourth-order valence-electron chi connectivity index (χ4n) is 5.82. The minimum absolute atomic E-state index is 0.0145. The summed E-state index contributed by atoms with van der Waals surface area (Å²) >= 11 is 6.57. The standard InChI is InChI=1S/C27H33ClN2O3/c1-4-32-20-6-8-21(23(28)14-20)18-5-7-22-19(13-18)15-27(2,3)25(22)29-26(31)33-24-16-30-11-9-17(24)10-12-30/h5-8,13-14,17,24-25H,4,9-12,15-16H2,1-3H3,(H,29,31)/t24-,25+/m1/s1. The van der Waals surface area contributed by atoms with E-state index in [2.05, 4.69) is 42.3 Å². The molecule has 176 valence electrons. The van der Waals surface area contributed by atoms with Crippen molar-refractivity contribution < 1.29 is 14.3 Å². The van der Waals surface area contributed by atoms with Gasteiger partial charge in [-0.3, -0.25) is 4.90 Å². The van der Waals surface area contributed by atoms with Crippen molar-refractivity contribution in [1.29, 1.82) is 0 Å². The van der Waals surface area contributed by atoms with E-state index >= 15 is 0 Å². The molecule has 33 heavy (non-hydrogen) atoms. The number of nitrogens with one attached hydrogen (secondary N) is 1. The maximum atomic E-state index is 12.9. The van der Waals surface area contributed by atoms with E-state index in [4.69, 9.17) is 21.1 Å². The van der Waals surface area contributed by atoms with Crippen LogP contribution in [-0.4, -0.2) is 43.3 Å². The Balaban J connectivity index is 1.33. The third-order valence-corrected chi connectivity index (χ3v) is 7.87. The van der Waals surface area contributed by atoms with Crippen LogP contribution in [0.5, 0.6) is 5.75 Å². The molecule has 2 atom stereocenters. The van der Waals surface area contributed by atoms with Crippen molar-refractivity contribution in [2.45, 2.75) is 52.2 Å². The second kappa shape index (κ2) is 8.84. The van der Waals surface area contributed by atoms with Crippen LogP contribution in [0.2, 0.25) is 5.02 Å². The van der Waals surface area contributed by atoms with Gasteiger partial charge >= 0.3 is 6.09 Å². The van der Waals surface area contributed by atoms with E-state index in [1.807, 2.05) is 25.1 Å². The Labute approximate surface area is 201 Å². The van der Waals surface area contributed by atoms with Crippen LogP contribution in [-0.2, 0) is 11.2 Å². The van der Waals surface area contributed by atoms with Gasteiger partial charge in [-0.2, -0.15) is 0 Å². The molecule has 1 amide bonds. The summed E-state index contributed by atoms with van der Waals surface area (Å²) < 4.78 is 11.5. The van der Waals surface area contributed by atoms with Crippen LogP contribution in [0.1, 0.15) is 50.8 Å². The molecule has 0 aromatic heterocycles. The summed E-state index contributed by atoms with van der Waals surface area (Å²) in [6.45, 7) is 10.1. The normalized spacial score (nSPS) is 27.2. The molecule has 0 radical (unpaired) electrons. The number of carbonyl (C=O) groups excluding carboxylic acids is 1. The number of nitrogens with zero attached hydrogens (tertiary/aromatic N) is 1. The van der Waals surface area contributed by atoms with E-state index in [0.29, 0.717) is 17.5 Å². The maximum Gasteiger partial charge on any atom is 0.407 e. The van der Waals surface area contributed by atoms with E-state index in [1.54, 1.807) is 0 Å². The quantitative estimate of drug-likeness (QED) is 0.598. The van der Waals surface area contributed by atoms with Gasteiger partial charge in [0, 0.05) is 12.1 Å². The van der Waals surface area contributed by atoms with Crippen LogP contribution in [0.4, 0.5) is 4.79 Å². The molecule has 0 unspecified atom stereocenters. The molecule has 3 saturated heterocycles. The second-order valence-electron chi connectivity index (χ2n) is 10.3. The van der Waals surface area contributed by atoms with Gasteiger partial charge in [0.15, 0.2) is 0 Å². The Kier molecular flexibility index (Phi) is 6.04. The van der Waals surface area contributed by atoms with Crippen LogP contribution in [0.25, 0.3) is 11.1 Å². The predicted octanol–water partition coefficient (Wildman–Crippen LogP) is 5.85. The molecule has 3 heterocycles. The molecular formula is C27H33ClN2O3. The highest BCUT2D eigenvalue weighted by molar-refractivity contribution is 6.33. The SMILES string of the molecule is CCOc1ccc(-c2ccc3c(c2)CC(C)(C)[C@H]3NC(=O)O[C@@H]2CN3CCC2CC3)c(Cl)c1. The lowest BCUT2D eigenvalue weighted by atomic mass is 9.85. The van der Waals surface area contributed by atoms with Crippen LogP contribution >= 0.6 is 11.6 Å². The Morgan fingerprint density at radius 3 is 2.64 bits per heavy atom. The topological polar surface area (TPSA) is 50.8 Å². The molecule has 3 fully saturated rings. The molecule has 3 aliphatic heterocycles. The number of fused-ring (bicyclic) bond motifs is 4. The molecule has 6 rings (SSSR count). The highest BCUT2D eigenvalue weighted by Gasteiger charge is 2.42. The fraction of sp³-hybridized carbons (Fsp3) is 0.519. The first-order valence-electron chi connectivity index (χ1n) is 12.1. The smallest absolute Gasteiger partial charge is 0.407 e. The first-order chi connectivity index (χ1) is 15.8. The number of amides is 1. The first-order valence-corrected chi connectivity index (χ1v) is 12.5. The number of halogens is 1. The number of alkyl carbamates (subject to hydrolysis) is 1. The lowest BCUT2D eigenvalue weighted by Crippen LogP contribution is -2.53. The molecule has 2 aromatic carbocycles. The molecule has 4 aliphatic rings. The number of rotatable bonds is 5. The Bertz CT molecular complexity index is 1050. The van der Waals surface area contributed by atoms with Crippen LogP contribution in [0, 0.1) is 11.3 Å². The molecule has 2 bridgehead atoms. The average molecular weight is 469 g/mol. The molecule has 1 N–H and O–H groups in total. The van der Waals surface area contributed by atoms with Gasteiger partial charge < -0.3 is 14.8 Å². The Morgan fingerprint density at radius 1 is 1.18 bits per heavy atom. The number of hydrogen-bond acceptors (Lipinski definition) is 4. The maximum absolute atomic E-state index is 12.9. The molecule has 0 saturated carbocycles. The van der Waals surface area contributed by atoms with E-state index in [-0.39, 0.29) is 23.7 Å². The summed E-state index contributed by atoms with van der Waals surface area (Å²) in [6, 6.07) is 12.2. The zero-order valence-corrected chi connectivity index (χ0v) is 20.5. The van der Waals surface area contributed by atoms with E-state index in [1.165, 1.54) is 5.56 Å². The highest BCUT2D eigenvalue weighted by atomic mass is 35.5. The summed E-state index contributed by atoms with van der Waals surface area (Å²) in [6.07, 6.45) is 2.87. The largest absolute Gasteiger partial charge is 0.494 e. The fourth-order valence-corrected chi connectivity index (χ4v) is 6.09. The van der Waals surface area contributed by atoms with E-state index in [0.717, 1.165) is 61.3 Å². The summed E-state index contributed by atoms with van der Waals surface area (Å²) in [4.78, 5) is 15.3. The first kappa shape index (κ1) is 22.5. The van der Waals surface area contributed by atoms with Gasteiger partial charge in [0.2, 0.25) is 0 Å². The lowest BCUT2D eigenvalue weighted by molar-refractivity contribution is -0.0348. The van der Waals surface area contributed by atoms with Gasteiger partial charge in [-0.05, 0) is 85.5 Å². The van der Waals surface area contributed by atoms with E-state index in [9.17, 15) is 4.79 Å². The summed E-state index contributed by atoms with van der Waals surface area (Å²) in [7, 11) is 0. The number of benzene rings is 2. The van der Waals surface area contributed by atoms with Crippen molar-refractivity contribution in [2.24, 2.45) is 11.3 Å². The summed E-state index contributed by atoms with van der Waals surface area (Å²) in [5.74, 6) is 1.28. The minimum atomic E-state index is -0.293. The molecule has 0 spiro atoms. The number of carbonyl (C=O) groups is 1. The molecule has 5 nitrogen and oxygen atoms in total. The van der Waals surface area contributed by atoms with Crippen molar-refractivity contribution in [1.82, 2.24) is 10.2 Å². The van der Waals surface area contributed by atoms with Crippen LogP contribution < -0.4 is 10.1 Å². The van der Waals surface area contributed by atoms with Gasteiger partial charge in [-0.1, -0.05) is 43.6 Å². The number of piperidine rings is 3. The Hall–Kier alpha value is -2.24. The molecule has 2 aromatic rings. The lowest BCUT2D eigenvalue weighted by Gasteiger charge is -2.44. The number of hydrogen-bond donors (Lipinski definition) is 1. The molecule has 1 aliphatic carbocycles. The molecular weight excluding hydrogens is 436 g/mol. The van der Waals surface area contributed by atoms with Gasteiger partial charge in [0.25, 0.3) is 0 Å². The zero-order valence-electron chi connectivity index (χ0n) is 19.7.